The van der Waals surface area contributed by atoms with Gasteiger partial charge in [0.15, 0.2) is 0 Å². The SMILES string of the molecule is CC(C)(C)CCN1CCC2(CC2)C1. The molecule has 1 saturated carbocycles. The zero-order valence-electron chi connectivity index (χ0n) is 9.40. The van der Waals surface area contributed by atoms with E-state index in [0.29, 0.717) is 5.41 Å². The van der Waals surface area contributed by atoms with Crippen LogP contribution in [0.25, 0.3) is 0 Å². The number of hydrogen-bond acceptors (Lipinski definition) is 1. The predicted molar refractivity (Wildman–Crippen MR) is 56.8 cm³/mol. The van der Waals surface area contributed by atoms with E-state index in [2.05, 4.69) is 25.7 Å². The van der Waals surface area contributed by atoms with Gasteiger partial charge in [-0.3, -0.25) is 0 Å². The van der Waals surface area contributed by atoms with E-state index in [4.69, 9.17) is 0 Å². The summed E-state index contributed by atoms with van der Waals surface area (Å²) in [7, 11) is 0. The third-order valence-corrected chi connectivity index (χ3v) is 3.65. The van der Waals surface area contributed by atoms with Crippen LogP contribution < -0.4 is 0 Å². The van der Waals surface area contributed by atoms with Crippen LogP contribution in [0.2, 0.25) is 0 Å². The number of nitrogens with zero attached hydrogens (tertiary/aromatic N) is 1. The van der Waals surface area contributed by atoms with Gasteiger partial charge in [0.05, 0.1) is 0 Å². The minimum atomic E-state index is 0.513. The van der Waals surface area contributed by atoms with Crippen LogP contribution in [0.1, 0.15) is 46.5 Å². The average molecular weight is 181 g/mol. The van der Waals surface area contributed by atoms with Crippen molar-refractivity contribution in [1.82, 2.24) is 4.90 Å². The van der Waals surface area contributed by atoms with Gasteiger partial charge in [0.1, 0.15) is 0 Å². The minimum absolute atomic E-state index is 0.513. The maximum absolute atomic E-state index is 2.68. The smallest absolute Gasteiger partial charge is 0.00385 e. The van der Waals surface area contributed by atoms with Crippen molar-refractivity contribution in [2.75, 3.05) is 19.6 Å². The van der Waals surface area contributed by atoms with Gasteiger partial charge in [0, 0.05) is 6.54 Å². The third-order valence-electron chi connectivity index (χ3n) is 3.65. The molecular formula is C12H23N. The first-order valence-corrected chi connectivity index (χ1v) is 5.72. The Morgan fingerprint density at radius 3 is 2.31 bits per heavy atom. The summed E-state index contributed by atoms with van der Waals surface area (Å²) in [4.78, 5) is 2.68. The molecule has 0 bridgehead atoms. The Morgan fingerprint density at radius 2 is 1.85 bits per heavy atom. The minimum Gasteiger partial charge on any atom is -0.303 e. The molecule has 0 N–H and O–H groups in total. The highest BCUT2D eigenvalue weighted by molar-refractivity contribution is 5.00. The molecule has 0 amide bonds. The summed E-state index contributed by atoms with van der Waals surface area (Å²) in [5.74, 6) is 0. The Bertz CT molecular complexity index is 186. The maximum Gasteiger partial charge on any atom is 0.00385 e. The van der Waals surface area contributed by atoms with Crippen LogP contribution in [0.4, 0.5) is 0 Å². The molecule has 0 aromatic carbocycles. The summed E-state index contributed by atoms with van der Waals surface area (Å²) in [6, 6.07) is 0. The molecule has 1 aliphatic carbocycles. The van der Waals surface area contributed by atoms with Gasteiger partial charge in [-0.05, 0) is 49.6 Å². The van der Waals surface area contributed by atoms with Crippen molar-refractivity contribution in [2.45, 2.75) is 46.5 Å². The first-order chi connectivity index (χ1) is 5.99. The summed E-state index contributed by atoms with van der Waals surface area (Å²) >= 11 is 0. The second kappa shape index (κ2) is 2.98. The lowest BCUT2D eigenvalue weighted by atomic mass is 9.92. The fraction of sp³-hybridized carbons (Fsp3) is 1.00. The molecule has 0 aromatic rings. The van der Waals surface area contributed by atoms with Crippen molar-refractivity contribution in [2.24, 2.45) is 10.8 Å². The quantitative estimate of drug-likeness (QED) is 0.633. The molecule has 0 aromatic heterocycles. The largest absolute Gasteiger partial charge is 0.303 e. The van der Waals surface area contributed by atoms with E-state index in [0.717, 1.165) is 5.41 Å². The normalized spacial score (nSPS) is 27.0. The van der Waals surface area contributed by atoms with Gasteiger partial charge in [-0.1, -0.05) is 20.8 Å². The Morgan fingerprint density at radius 1 is 1.15 bits per heavy atom. The van der Waals surface area contributed by atoms with E-state index in [9.17, 15) is 0 Å². The first-order valence-electron chi connectivity index (χ1n) is 5.72. The van der Waals surface area contributed by atoms with Crippen LogP contribution in [0, 0.1) is 10.8 Å². The molecule has 0 unspecified atom stereocenters. The molecule has 1 aliphatic heterocycles. The van der Waals surface area contributed by atoms with Crippen LogP contribution in [-0.2, 0) is 0 Å². The molecule has 1 saturated heterocycles. The van der Waals surface area contributed by atoms with Crippen LogP contribution in [0.15, 0.2) is 0 Å². The molecule has 1 heterocycles. The number of likely N-dealkylation sites (tertiary alicyclic amines) is 1. The Labute approximate surface area is 82.5 Å². The fourth-order valence-electron chi connectivity index (χ4n) is 2.30. The highest BCUT2D eigenvalue weighted by Crippen LogP contribution is 2.52. The zero-order chi connectivity index (χ0) is 9.53. The van der Waals surface area contributed by atoms with E-state index in [1.165, 1.54) is 45.3 Å². The van der Waals surface area contributed by atoms with Gasteiger partial charge in [0.2, 0.25) is 0 Å². The Hall–Kier alpha value is -0.0400. The van der Waals surface area contributed by atoms with E-state index >= 15 is 0 Å². The zero-order valence-corrected chi connectivity index (χ0v) is 9.40. The predicted octanol–water partition coefficient (Wildman–Crippen LogP) is 2.91. The third kappa shape index (κ3) is 2.46. The molecule has 2 rings (SSSR count). The molecule has 0 radical (unpaired) electrons. The lowest BCUT2D eigenvalue weighted by Gasteiger charge is -2.23. The van der Waals surface area contributed by atoms with Crippen molar-refractivity contribution in [3.63, 3.8) is 0 Å². The monoisotopic (exact) mass is 181 g/mol. The summed E-state index contributed by atoms with van der Waals surface area (Å²) in [5, 5.41) is 0. The van der Waals surface area contributed by atoms with Gasteiger partial charge < -0.3 is 4.90 Å². The molecule has 1 spiro atoms. The van der Waals surface area contributed by atoms with Gasteiger partial charge in [0.25, 0.3) is 0 Å². The molecule has 76 valence electrons. The number of rotatable bonds is 2. The van der Waals surface area contributed by atoms with Crippen LogP contribution in [-0.4, -0.2) is 24.5 Å². The van der Waals surface area contributed by atoms with Gasteiger partial charge >= 0.3 is 0 Å². The Balaban J connectivity index is 1.72. The van der Waals surface area contributed by atoms with Crippen molar-refractivity contribution in [3.05, 3.63) is 0 Å². The second-order valence-corrected chi connectivity index (χ2v) is 6.34. The van der Waals surface area contributed by atoms with Crippen molar-refractivity contribution in [1.29, 1.82) is 0 Å². The van der Waals surface area contributed by atoms with E-state index in [1.54, 1.807) is 0 Å². The van der Waals surface area contributed by atoms with Crippen molar-refractivity contribution in [3.8, 4) is 0 Å². The summed E-state index contributed by atoms with van der Waals surface area (Å²) in [5.41, 5.74) is 1.33. The maximum atomic E-state index is 2.68. The van der Waals surface area contributed by atoms with Crippen molar-refractivity contribution >= 4 is 0 Å². The molecule has 0 atom stereocenters. The van der Waals surface area contributed by atoms with Gasteiger partial charge in [-0.2, -0.15) is 0 Å². The van der Waals surface area contributed by atoms with Crippen LogP contribution >= 0.6 is 0 Å². The van der Waals surface area contributed by atoms with Gasteiger partial charge in [-0.15, -0.1) is 0 Å². The summed E-state index contributed by atoms with van der Waals surface area (Å²) in [6.45, 7) is 11.1. The molecule has 13 heavy (non-hydrogen) atoms. The lowest BCUT2D eigenvalue weighted by Crippen LogP contribution is -2.25. The van der Waals surface area contributed by atoms with Crippen LogP contribution in [0.5, 0.6) is 0 Å². The van der Waals surface area contributed by atoms with E-state index in [1.807, 2.05) is 0 Å². The summed E-state index contributed by atoms with van der Waals surface area (Å²) < 4.78 is 0. The van der Waals surface area contributed by atoms with Gasteiger partial charge in [-0.25, -0.2) is 0 Å². The lowest BCUT2D eigenvalue weighted by molar-refractivity contribution is 0.256. The highest BCUT2D eigenvalue weighted by Gasteiger charge is 2.47. The molecule has 1 nitrogen and oxygen atoms in total. The molecule has 2 aliphatic rings. The first kappa shape index (κ1) is 9.51. The second-order valence-electron chi connectivity index (χ2n) is 6.34. The highest BCUT2D eigenvalue weighted by atomic mass is 15.2. The van der Waals surface area contributed by atoms with Crippen molar-refractivity contribution < 1.29 is 0 Å². The van der Waals surface area contributed by atoms with E-state index in [-0.39, 0.29) is 0 Å². The fourth-order valence-corrected chi connectivity index (χ4v) is 2.30. The Kier molecular flexibility index (Phi) is 2.18. The number of hydrogen-bond donors (Lipinski definition) is 0. The van der Waals surface area contributed by atoms with Crippen LogP contribution in [0.3, 0.4) is 0 Å². The topological polar surface area (TPSA) is 3.24 Å². The standard InChI is InChI=1S/C12H23N/c1-11(2,3)6-8-13-9-7-12(10-13)4-5-12/h4-10H2,1-3H3. The molecular weight excluding hydrogens is 158 g/mol. The molecule has 2 fully saturated rings. The summed E-state index contributed by atoms with van der Waals surface area (Å²) in [6.07, 6.45) is 5.86. The molecule has 1 heteroatoms. The van der Waals surface area contributed by atoms with E-state index < -0.39 is 0 Å². The average Bonchev–Trinajstić information content (AvgIpc) is 2.58.